The highest BCUT2D eigenvalue weighted by Gasteiger charge is 1.93. The Morgan fingerprint density at radius 3 is 2.37 bits per heavy atom. The fourth-order valence-electron chi connectivity index (χ4n) is 1.44. The van der Waals surface area contributed by atoms with Crippen LogP contribution in [0.1, 0.15) is 30.3 Å². The van der Waals surface area contributed by atoms with E-state index in [1.54, 1.807) is 12.4 Å². The van der Waals surface area contributed by atoms with Gasteiger partial charge in [-0.15, -0.1) is 0 Å². The maximum atomic E-state index is 5.51. The molecular weight excluding hydrogens is 236 g/mol. The molecule has 0 bridgehead atoms. The van der Waals surface area contributed by atoms with Crippen molar-refractivity contribution in [1.29, 1.82) is 0 Å². The van der Waals surface area contributed by atoms with E-state index in [1.807, 2.05) is 31.2 Å². The highest BCUT2D eigenvalue weighted by molar-refractivity contribution is 5.40. The van der Waals surface area contributed by atoms with Gasteiger partial charge in [-0.1, -0.05) is 12.8 Å². The number of aromatic nitrogens is 2. The third-order valence-corrected chi connectivity index (χ3v) is 2.43. The number of ether oxygens (including phenoxy) is 1. The number of rotatable bonds is 3. The van der Waals surface area contributed by atoms with Gasteiger partial charge in [-0.25, -0.2) is 9.97 Å². The molecule has 0 spiro atoms. The minimum absolute atomic E-state index is 0.539. The Morgan fingerprint density at radius 1 is 1.05 bits per heavy atom. The van der Waals surface area contributed by atoms with E-state index in [0.29, 0.717) is 5.82 Å². The molecule has 0 atom stereocenters. The Bertz CT molecular complexity index is 577. The minimum Gasteiger partial charge on any atom is -0.494 e. The second-order valence-corrected chi connectivity index (χ2v) is 4.21. The van der Waals surface area contributed by atoms with Crippen LogP contribution in [0.3, 0.4) is 0 Å². The summed E-state index contributed by atoms with van der Waals surface area (Å²) in [6, 6.07) is 7.73. The molecule has 2 rings (SSSR count). The summed E-state index contributed by atoms with van der Waals surface area (Å²) < 4.78 is 5.51. The van der Waals surface area contributed by atoms with Gasteiger partial charge in [-0.2, -0.15) is 0 Å². The summed E-state index contributed by atoms with van der Waals surface area (Å²) in [5, 5.41) is 0. The minimum atomic E-state index is 0.539. The van der Waals surface area contributed by atoms with Crippen molar-refractivity contribution in [2.75, 3.05) is 6.61 Å². The van der Waals surface area contributed by atoms with E-state index in [1.165, 1.54) is 0 Å². The van der Waals surface area contributed by atoms with Crippen molar-refractivity contribution < 1.29 is 4.74 Å². The molecule has 19 heavy (non-hydrogen) atoms. The molecule has 0 amide bonds. The third-order valence-electron chi connectivity index (χ3n) is 2.43. The molecule has 0 saturated heterocycles. The molecule has 1 aromatic heterocycles. The fourth-order valence-corrected chi connectivity index (χ4v) is 1.44. The van der Waals surface area contributed by atoms with Crippen molar-refractivity contribution >= 4 is 0 Å². The van der Waals surface area contributed by atoms with Crippen molar-refractivity contribution in [3.8, 4) is 17.6 Å². The van der Waals surface area contributed by atoms with Crippen molar-refractivity contribution in [2.24, 2.45) is 0 Å². The highest BCUT2D eigenvalue weighted by atomic mass is 16.5. The number of hydrogen-bond acceptors (Lipinski definition) is 3. The van der Waals surface area contributed by atoms with Crippen LogP contribution in [0.25, 0.3) is 0 Å². The van der Waals surface area contributed by atoms with Gasteiger partial charge in [-0.3, -0.25) is 0 Å². The highest BCUT2D eigenvalue weighted by Crippen LogP contribution is 2.11. The van der Waals surface area contributed by atoms with Crippen LogP contribution in [0.4, 0.5) is 0 Å². The molecule has 2 aromatic rings. The SMILES string of the molecule is CCCOc1ccc(C#Cc2ncc(C)cn2)cc1. The average Bonchev–Trinajstić information content (AvgIpc) is 2.46. The van der Waals surface area contributed by atoms with Crippen LogP contribution in [0.5, 0.6) is 5.75 Å². The van der Waals surface area contributed by atoms with Crippen LogP contribution < -0.4 is 4.74 Å². The predicted molar refractivity (Wildman–Crippen MR) is 75.0 cm³/mol. The summed E-state index contributed by atoms with van der Waals surface area (Å²) in [6.07, 6.45) is 4.53. The lowest BCUT2D eigenvalue weighted by Gasteiger charge is -2.03. The van der Waals surface area contributed by atoms with E-state index in [9.17, 15) is 0 Å². The van der Waals surface area contributed by atoms with Gasteiger partial charge in [0, 0.05) is 18.0 Å². The molecule has 96 valence electrons. The molecule has 0 saturated carbocycles. The normalized spacial score (nSPS) is 9.58. The molecule has 0 unspecified atom stereocenters. The van der Waals surface area contributed by atoms with Gasteiger partial charge in [0.15, 0.2) is 0 Å². The Morgan fingerprint density at radius 2 is 1.74 bits per heavy atom. The molecule has 0 fully saturated rings. The topological polar surface area (TPSA) is 35.0 Å². The molecule has 1 heterocycles. The Balaban J connectivity index is 2.05. The molecule has 1 aromatic carbocycles. The van der Waals surface area contributed by atoms with Crippen LogP contribution in [0.2, 0.25) is 0 Å². The van der Waals surface area contributed by atoms with Crippen LogP contribution in [0, 0.1) is 18.8 Å². The molecule has 3 nitrogen and oxygen atoms in total. The van der Waals surface area contributed by atoms with Gasteiger partial charge in [-0.05, 0) is 49.1 Å². The third kappa shape index (κ3) is 4.11. The molecule has 0 aliphatic heterocycles. The van der Waals surface area contributed by atoms with Crippen molar-refractivity contribution in [2.45, 2.75) is 20.3 Å². The molecule has 3 heteroatoms. The van der Waals surface area contributed by atoms with E-state index < -0.39 is 0 Å². The van der Waals surface area contributed by atoms with Crippen LogP contribution in [-0.4, -0.2) is 16.6 Å². The van der Waals surface area contributed by atoms with E-state index in [2.05, 4.69) is 28.7 Å². The largest absolute Gasteiger partial charge is 0.494 e. The lowest BCUT2D eigenvalue weighted by molar-refractivity contribution is 0.317. The first-order valence-electron chi connectivity index (χ1n) is 6.31. The average molecular weight is 252 g/mol. The Kier molecular flexibility index (Phi) is 4.52. The monoisotopic (exact) mass is 252 g/mol. The van der Waals surface area contributed by atoms with E-state index in [4.69, 9.17) is 4.74 Å². The Hall–Kier alpha value is -2.34. The van der Waals surface area contributed by atoms with E-state index >= 15 is 0 Å². The summed E-state index contributed by atoms with van der Waals surface area (Å²) in [7, 11) is 0. The van der Waals surface area contributed by atoms with Gasteiger partial charge in [0.2, 0.25) is 5.82 Å². The second-order valence-electron chi connectivity index (χ2n) is 4.21. The first-order valence-corrected chi connectivity index (χ1v) is 6.31. The first-order chi connectivity index (χ1) is 9.28. The first kappa shape index (κ1) is 13.1. The molecule has 0 aliphatic rings. The van der Waals surface area contributed by atoms with Crippen molar-refractivity contribution in [1.82, 2.24) is 9.97 Å². The smallest absolute Gasteiger partial charge is 0.205 e. The summed E-state index contributed by atoms with van der Waals surface area (Å²) in [4.78, 5) is 8.28. The lowest BCUT2D eigenvalue weighted by Crippen LogP contribution is -1.94. The molecule has 0 radical (unpaired) electrons. The number of nitrogens with zero attached hydrogens (tertiary/aromatic N) is 2. The van der Waals surface area contributed by atoms with Crippen molar-refractivity contribution in [3.05, 3.63) is 53.6 Å². The van der Waals surface area contributed by atoms with Crippen LogP contribution >= 0.6 is 0 Å². The van der Waals surface area contributed by atoms with Gasteiger partial charge in [0.25, 0.3) is 0 Å². The Labute approximate surface area is 113 Å². The maximum Gasteiger partial charge on any atom is 0.205 e. The van der Waals surface area contributed by atoms with Gasteiger partial charge in [0.05, 0.1) is 6.61 Å². The standard InChI is InChI=1S/C16H16N2O/c1-3-10-19-15-7-4-14(5-8-15)6-9-16-17-11-13(2)12-18-16/h4-5,7-8,11-12H,3,10H2,1-2H3. The molecule has 0 N–H and O–H groups in total. The van der Waals surface area contributed by atoms with E-state index in [-0.39, 0.29) is 0 Å². The second kappa shape index (κ2) is 6.55. The quantitative estimate of drug-likeness (QED) is 0.788. The summed E-state index contributed by atoms with van der Waals surface area (Å²) in [5.74, 6) is 7.38. The molecular formula is C16H16N2O. The van der Waals surface area contributed by atoms with Gasteiger partial charge < -0.3 is 4.74 Å². The molecule has 0 aliphatic carbocycles. The van der Waals surface area contributed by atoms with E-state index in [0.717, 1.165) is 29.9 Å². The zero-order valence-electron chi connectivity index (χ0n) is 11.2. The van der Waals surface area contributed by atoms with Gasteiger partial charge >= 0.3 is 0 Å². The fraction of sp³-hybridized carbons (Fsp3) is 0.250. The van der Waals surface area contributed by atoms with Crippen LogP contribution in [-0.2, 0) is 0 Å². The zero-order chi connectivity index (χ0) is 13.5. The van der Waals surface area contributed by atoms with Crippen molar-refractivity contribution in [3.63, 3.8) is 0 Å². The maximum absolute atomic E-state index is 5.51. The predicted octanol–water partition coefficient (Wildman–Crippen LogP) is 2.97. The summed E-state index contributed by atoms with van der Waals surface area (Å²) in [6.45, 7) is 4.77. The summed E-state index contributed by atoms with van der Waals surface area (Å²) in [5.41, 5.74) is 1.95. The van der Waals surface area contributed by atoms with Gasteiger partial charge in [0.1, 0.15) is 5.75 Å². The number of hydrogen-bond donors (Lipinski definition) is 0. The lowest BCUT2D eigenvalue weighted by atomic mass is 10.2. The van der Waals surface area contributed by atoms with Crippen LogP contribution in [0.15, 0.2) is 36.7 Å². The number of aryl methyl sites for hydroxylation is 1. The summed E-state index contributed by atoms with van der Waals surface area (Å²) >= 11 is 0. The zero-order valence-corrected chi connectivity index (χ0v) is 11.2. The number of benzene rings is 1.